The van der Waals surface area contributed by atoms with Gasteiger partial charge in [-0.1, -0.05) is 30.1 Å². The largest absolute Gasteiger partial charge is 0.299 e. The lowest BCUT2D eigenvalue weighted by Crippen LogP contribution is -2.10. The quantitative estimate of drug-likeness (QED) is 0.617. The SMILES string of the molecule is CCC(C(C)=O)c1cc(Cl)c(Cl)cc1[N+](=O)[O-]. The van der Waals surface area contributed by atoms with E-state index in [2.05, 4.69) is 0 Å². The Hall–Kier alpha value is -1.13. The number of benzene rings is 1. The lowest BCUT2D eigenvalue weighted by atomic mass is 9.91. The van der Waals surface area contributed by atoms with Crippen molar-refractivity contribution < 1.29 is 9.72 Å². The number of nitrogens with zero attached hydrogens (tertiary/aromatic N) is 1. The molecule has 0 bridgehead atoms. The first-order valence-electron chi connectivity index (χ1n) is 5.02. The number of halogens is 2. The van der Waals surface area contributed by atoms with E-state index < -0.39 is 10.8 Å². The summed E-state index contributed by atoms with van der Waals surface area (Å²) in [5.74, 6) is -0.654. The Bertz CT molecular complexity index is 474. The molecule has 1 aromatic carbocycles. The van der Waals surface area contributed by atoms with Crippen LogP contribution in [-0.4, -0.2) is 10.7 Å². The topological polar surface area (TPSA) is 60.2 Å². The van der Waals surface area contributed by atoms with Gasteiger partial charge in [0.1, 0.15) is 5.78 Å². The molecule has 6 heteroatoms. The summed E-state index contributed by atoms with van der Waals surface area (Å²) < 4.78 is 0. The van der Waals surface area contributed by atoms with E-state index in [4.69, 9.17) is 23.2 Å². The number of nitro groups is 1. The van der Waals surface area contributed by atoms with Crippen molar-refractivity contribution in [3.8, 4) is 0 Å². The average Bonchev–Trinajstić information content (AvgIpc) is 2.22. The van der Waals surface area contributed by atoms with E-state index in [-0.39, 0.29) is 21.5 Å². The van der Waals surface area contributed by atoms with Gasteiger partial charge in [0, 0.05) is 17.5 Å². The Morgan fingerprint density at radius 2 is 1.94 bits per heavy atom. The molecule has 0 aliphatic rings. The Morgan fingerprint density at radius 3 is 2.35 bits per heavy atom. The van der Waals surface area contributed by atoms with Crippen LogP contribution in [0.5, 0.6) is 0 Å². The van der Waals surface area contributed by atoms with Crippen LogP contribution in [0.15, 0.2) is 12.1 Å². The van der Waals surface area contributed by atoms with E-state index in [1.807, 2.05) is 0 Å². The predicted octanol–water partition coefficient (Wildman–Crippen LogP) is 3.98. The minimum atomic E-state index is -0.552. The fourth-order valence-corrected chi connectivity index (χ4v) is 2.05. The maximum absolute atomic E-state index is 11.4. The lowest BCUT2D eigenvalue weighted by molar-refractivity contribution is -0.385. The van der Waals surface area contributed by atoms with E-state index in [1.54, 1.807) is 6.92 Å². The van der Waals surface area contributed by atoms with Gasteiger partial charge in [-0.15, -0.1) is 0 Å². The average molecular weight is 276 g/mol. The molecule has 0 heterocycles. The van der Waals surface area contributed by atoms with E-state index in [0.29, 0.717) is 12.0 Å². The summed E-state index contributed by atoms with van der Waals surface area (Å²) in [6.45, 7) is 3.19. The molecule has 0 saturated carbocycles. The van der Waals surface area contributed by atoms with Crippen LogP contribution in [0.25, 0.3) is 0 Å². The number of nitro benzene ring substituents is 1. The third kappa shape index (κ3) is 2.96. The Morgan fingerprint density at radius 1 is 1.41 bits per heavy atom. The summed E-state index contributed by atoms with van der Waals surface area (Å²) in [6, 6.07) is 2.59. The molecule has 1 unspecified atom stereocenters. The van der Waals surface area contributed by atoms with Gasteiger partial charge >= 0.3 is 0 Å². The van der Waals surface area contributed by atoms with Gasteiger partial charge in [-0.2, -0.15) is 0 Å². The maximum Gasteiger partial charge on any atom is 0.274 e. The van der Waals surface area contributed by atoms with Gasteiger partial charge in [-0.05, 0) is 19.4 Å². The smallest absolute Gasteiger partial charge is 0.274 e. The zero-order valence-corrected chi connectivity index (χ0v) is 10.9. The fraction of sp³-hybridized carbons (Fsp3) is 0.364. The third-order valence-electron chi connectivity index (χ3n) is 2.54. The van der Waals surface area contributed by atoms with Gasteiger partial charge in [-0.25, -0.2) is 0 Å². The molecule has 0 amide bonds. The summed E-state index contributed by atoms with van der Waals surface area (Å²) in [5.41, 5.74) is 0.154. The van der Waals surface area contributed by atoms with Crippen molar-refractivity contribution in [2.45, 2.75) is 26.2 Å². The summed E-state index contributed by atoms with van der Waals surface area (Å²) in [6.07, 6.45) is 0.480. The van der Waals surface area contributed by atoms with Crippen molar-refractivity contribution >= 4 is 34.7 Å². The van der Waals surface area contributed by atoms with Gasteiger partial charge in [0.15, 0.2) is 0 Å². The highest BCUT2D eigenvalue weighted by molar-refractivity contribution is 6.42. The van der Waals surface area contributed by atoms with Crippen molar-refractivity contribution in [3.05, 3.63) is 37.9 Å². The minimum Gasteiger partial charge on any atom is -0.299 e. The van der Waals surface area contributed by atoms with Gasteiger partial charge in [-0.3, -0.25) is 14.9 Å². The van der Waals surface area contributed by atoms with E-state index in [9.17, 15) is 14.9 Å². The molecule has 0 spiro atoms. The molecule has 0 fully saturated rings. The summed E-state index contributed by atoms with van der Waals surface area (Å²) in [4.78, 5) is 21.8. The standard InChI is InChI=1S/C11H11Cl2NO3/c1-3-7(6(2)15)8-4-9(12)10(13)5-11(8)14(16)17/h4-5,7H,3H2,1-2H3. The highest BCUT2D eigenvalue weighted by Gasteiger charge is 2.25. The van der Waals surface area contributed by atoms with Crippen LogP contribution in [0.1, 0.15) is 31.7 Å². The molecule has 4 nitrogen and oxygen atoms in total. The molecule has 1 aromatic rings. The second-order valence-corrected chi connectivity index (χ2v) is 4.47. The van der Waals surface area contributed by atoms with Crippen molar-refractivity contribution in [1.82, 2.24) is 0 Å². The van der Waals surface area contributed by atoms with Gasteiger partial charge in [0.2, 0.25) is 0 Å². The number of carbonyl (C=O) groups excluding carboxylic acids is 1. The first kappa shape index (κ1) is 13.9. The number of ketones is 1. The highest BCUT2D eigenvalue weighted by atomic mass is 35.5. The number of Topliss-reactive ketones (excluding diaryl/α,β-unsaturated/α-hetero) is 1. The molecule has 1 atom stereocenters. The number of hydrogen-bond acceptors (Lipinski definition) is 3. The van der Waals surface area contributed by atoms with Gasteiger partial charge in [0.25, 0.3) is 5.69 Å². The molecule has 0 aromatic heterocycles. The highest BCUT2D eigenvalue weighted by Crippen LogP contribution is 2.36. The molecular weight excluding hydrogens is 265 g/mol. The number of hydrogen-bond donors (Lipinski definition) is 0. The second kappa shape index (κ2) is 5.47. The molecule has 0 N–H and O–H groups in total. The van der Waals surface area contributed by atoms with Crippen LogP contribution in [0.3, 0.4) is 0 Å². The molecule has 1 rings (SSSR count). The Balaban J connectivity index is 3.44. The third-order valence-corrected chi connectivity index (χ3v) is 3.26. The minimum absolute atomic E-state index is 0.112. The van der Waals surface area contributed by atoms with Crippen LogP contribution in [0.4, 0.5) is 5.69 Å². The molecule has 0 aliphatic heterocycles. The van der Waals surface area contributed by atoms with Crippen LogP contribution in [0.2, 0.25) is 10.0 Å². The summed E-state index contributed by atoms with van der Waals surface area (Å²) in [5, 5.41) is 11.2. The van der Waals surface area contributed by atoms with Crippen molar-refractivity contribution in [1.29, 1.82) is 0 Å². The van der Waals surface area contributed by atoms with E-state index in [0.717, 1.165) is 0 Å². The summed E-state index contributed by atoms with van der Waals surface area (Å²) in [7, 11) is 0. The van der Waals surface area contributed by atoms with Crippen molar-refractivity contribution in [3.63, 3.8) is 0 Å². The number of carbonyl (C=O) groups is 1. The van der Waals surface area contributed by atoms with Crippen LogP contribution >= 0.6 is 23.2 Å². The van der Waals surface area contributed by atoms with Gasteiger partial charge < -0.3 is 0 Å². The van der Waals surface area contributed by atoms with Crippen LogP contribution in [-0.2, 0) is 4.79 Å². The number of rotatable bonds is 4. The van der Waals surface area contributed by atoms with Crippen LogP contribution < -0.4 is 0 Å². The first-order valence-corrected chi connectivity index (χ1v) is 5.77. The zero-order valence-electron chi connectivity index (χ0n) is 9.37. The Kier molecular flexibility index (Phi) is 4.48. The maximum atomic E-state index is 11.4. The fourth-order valence-electron chi connectivity index (χ4n) is 1.72. The zero-order chi connectivity index (χ0) is 13.2. The molecule has 92 valence electrons. The second-order valence-electron chi connectivity index (χ2n) is 3.65. The van der Waals surface area contributed by atoms with E-state index in [1.165, 1.54) is 19.1 Å². The van der Waals surface area contributed by atoms with Crippen LogP contribution in [0, 0.1) is 10.1 Å². The predicted molar refractivity (Wildman–Crippen MR) is 66.8 cm³/mol. The summed E-state index contributed by atoms with van der Waals surface area (Å²) >= 11 is 11.6. The van der Waals surface area contributed by atoms with Gasteiger partial charge in [0.05, 0.1) is 15.0 Å². The van der Waals surface area contributed by atoms with E-state index >= 15 is 0 Å². The normalized spacial score (nSPS) is 12.2. The molecule has 17 heavy (non-hydrogen) atoms. The van der Waals surface area contributed by atoms with Crippen molar-refractivity contribution in [2.24, 2.45) is 0 Å². The molecule has 0 radical (unpaired) electrons. The van der Waals surface area contributed by atoms with Crippen molar-refractivity contribution in [2.75, 3.05) is 0 Å². The lowest BCUT2D eigenvalue weighted by Gasteiger charge is -2.12. The first-order chi connectivity index (χ1) is 7.88. The molecule has 0 saturated heterocycles. The molecular formula is C11H11Cl2NO3. The Labute approximate surface area is 109 Å². The molecule has 0 aliphatic carbocycles. The monoisotopic (exact) mass is 275 g/mol.